The Hall–Kier alpha value is -2.27. The van der Waals surface area contributed by atoms with Gasteiger partial charge in [0.2, 0.25) is 0 Å². The molecular formula is C19H21NO4. The van der Waals surface area contributed by atoms with Gasteiger partial charge in [0.05, 0.1) is 25.5 Å². The first-order chi connectivity index (χ1) is 11.7. The first-order valence-corrected chi connectivity index (χ1v) is 8.35. The number of ether oxygens (including phenoxy) is 2. The van der Waals surface area contributed by atoms with Crippen molar-refractivity contribution in [2.75, 3.05) is 26.8 Å². The van der Waals surface area contributed by atoms with Crippen LogP contribution in [0.3, 0.4) is 0 Å². The van der Waals surface area contributed by atoms with Crippen LogP contribution in [0.4, 0.5) is 0 Å². The molecule has 1 aromatic heterocycles. The van der Waals surface area contributed by atoms with Gasteiger partial charge in [-0.1, -0.05) is 12.1 Å². The summed E-state index contributed by atoms with van der Waals surface area (Å²) in [6.45, 7) is 2.05. The van der Waals surface area contributed by atoms with Gasteiger partial charge >= 0.3 is 0 Å². The molecule has 0 radical (unpaired) electrons. The number of furan rings is 1. The van der Waals surface area contributed by atoms with E-state index in [0.717, 1.165) is 31.6 Å². The molecule has 1 saturated heterocycles. The number of piperidine rings is 1. The lowest BCUT2D eigenvalue weighted by atomic mass is 9.78. The summed E-state index contributed by atoms with van der Waals surface area (Å²) in [4.78, 5) is 14.4. The van der Waals surface area contributed by atoms with Gasteiger partial charge in [-0.2, -0.15) is 0 Å². The van der Waals surface area contributed by atoms with E-state index in [1.54, 1.807) is 13.2 Å². The lowest BCUT2D eigenvalue weighted by Gasteiger charge is -2.45. The monoisotopic (exact) mass is 327 g/mol. The highest BCUT2D eigenvalue weighted by Gasteiger charge is 2.43. The Morgan fingerprint density at radius 1 is 1.25 bits per heavy atom. The molecule has 1 aromatic carbocycles. The van der Waals surface area contributed by atoms with Crippen molar-refractivity contribution >= 4 is 5.91 Å². The van der Waals surface area contributed by atoms with Gasteiger partial charge in [0.1, 0.15) is 17.6 Å². The van der Waals surface area contributed by atoms with Crippen molar-refractivity contribution in [3.8, 4) is 5.75 Å². The predicted molar refractivity (Wildman–Crippen MR) is 88.2 cm³/mol. The SMILES string of the molecule is COc1cccc2c1C1(CCN(C(=O)c3ccoc3)CC1)OCC2. The Morgan fingerprint density at radius 3 is 2.79 bits per heavy atom. The van der Waals surface area contributed by atoms with Crippen molar-refractivity contribution in [3.05, 3.63) is 53.5 Å². The second-order valence-corrected chi connectivity index (χ2v) is 6.39. The van der Waals surface area contributed by atoms with Gasteiger partial charge in [0.25, 0.3) is 5.91 Å². The molecule has 0 bridgehead atoms. The predicted octanol–water partition coefficient (Wildman–Crippen LogP) is 2.99. The van der Waals surface area contributed by atoms with Crippen LogP contribution >= 0.6 is 0 Å². The molecule has 1 fully saturated rings. The topological polar surface area (TPSA) is 51.9 Å². The average Bonchev–Trinajstić information content (AvgIpc) is 3.16. The van der Waals surface area contributed by atoms with Crippen LogP contribution in [-0.4, -0.2) is 37.6 Å². The van der Waals surface area contributed by atoms with E-state index in [4.69, 9.17) is 13.9 Å². The van der Waals surface area contributed by atoms with Crippen LogP contribution in [-0.2, 0) is 16.8 Å². The second-order valence-electron chi connectivity index (χ2n) is 6.39. The maximum Gasteiger partial charge on any atom is 0.257 e. The minimum Gasteiger partial charge on any atom is -0.496 e. The van der Waals surface area contributed by atoms with E-state index in [9.17, 15) is 4.79 Å². The highest BCUT2D eigenvalue weighted by molar-refractivity contribution is 5.93. The van der Waals surface area contributed by atoms with E-state index in [-0.39, 0.29) is 11.5 Å². The number of nitrogens with zero attached hydrogens (tertiary/aromatic N) is 1. The van der Waals surface area contributed by atoms with E-state index in [0.29, 0.717) is 18.7 Å². The lowest BCUT2D eigenvalue weighted by molar-refractivity contribution is -0.0946. The van der Waals surface area contributed by atoms with Gasteiger partial charge in [-0.15, -0.1) is 0 Å². The summed E-state index contributed by atoms with van der Waals surface area (Å²) in [5, 5.41) is 0. The van der Waals surface area contributed by atoms with Crippen LogP contribution in [0.2, 0.25) is 0 Å². The third-order valence-corrected chi connectivity index (χ3v) is 5.16. The van der Waals surface area contributed by atoms with Gasteiger partial charge in [-0.3, -0.25) is 4.79 Å². The maximum absolute atomic E-state index is 12.5. The summed E-state index contributed by atoms with van der Waals surface area (Å²) in [6.07, 6.45) is 5.51. The number of hydrogen-bond acceptors (Lipinski definition) is 4. The fourth-order valence-electron chi connectivity index (χ4n) is 3.93. The molecule has 0 atom stereocenters. The number of carbonyl (C=O) groups is 1. The van der Waals surface area contributed by atoms with Crippen molar-refractivity contribution in [2.45, 2.75) is 24.9 Å². The minimum absolute atomic E-state index is 0.0228. The van der Waals surface area contributed by atoms with Crippen LogP contribution < -0.4 is 4.74 Å². The van der Waals surface area contributed by atoms with Crippen LogP contribution in [0.5, 0.6) is 5.75 Å². The Labute approximate surface area is 141 Å². The van der Waals surface area contributed by atoms with Gasteiger partial charge in [-0.25, -0.2) is 0 Å². The minimum atomic E-state index is -0.340. The Morgan fingerprint density at radius 2 is 2.08 bits per heavy atom. The summed E-state index contributed by atoms with van der Waals surface area (Å²) < 4.78 is 16.9. The largest absolute Gasteiger partial charge is 0.496 e. The van der Waals surface area contributed by atoms with E-state index in [1.807, 2.05) is 17.0 Å². The maximum atomic E-state index is 12.5. The molecule has 4 rings (SSSR count). The molecule has 3 heterocycles. The van der Waals surface area contributed by atoms with Gasteiger partial charge in [0.15, 0.2) is 0 Å². The third kappa shape index (κ3) is 2.40. The highest BCUT2D eigenvalue weighted by atomic mass is 16.5. The second kappa shape index (κ2) is 5.98. The van der Waals surface area contributed by atoms with Gasteiger partial charge < -0.3 is 18.8 Å². The van der Waals surface area contributed by atoms with E-state index in [2.05, 4.69) is 6.07 Å². The standard InChI is InChI=1S/C19H21NO4/c1-22-16-4-2-3-14-6-12-24-19(17(14)16)7-9-20(10-8-19)18(21)15-5-11-23-13-15/h2-5,11,13H,6-10,12H2,1H3. The summed E-state index contributed by atoms with van der Waals surface area (Å²) >= 11 is 0. The quantitative estimate of drug-likeness (QED) is 0.851. The number of fused-ring (bicyclic) bond motifs is 2. The summed E-state index contributed by atoms with van der Waals surface area (Å²) in [6, 6.07) is 7.90. The number of rotatable bonds is 2. The molecular weight excluding hydrogens is 306 g/mol. The van der Waals surface area contributed by atoms with Crippen molar-refractivity contribution in [1.82, 2.24) is 4.90 Å². The molecule has 2 aliphatic heterocycles. The van der Waals surface area contributed by atoms with E-state index >= 15 is 0 Å². The van der Waals surface area contributed by atoms with Crippen molar-refractivity contribution < 1.29 is 18.7 Å². The third-order valence-electron chi connectivity index (χ3n) is 5.16. The first-order valence-electron chi connectivity index (χ1n) is 8.35. The number of benzene rings is 1. The zero-order valence-corrected chi connectivity index (χ0v) is 13.8. The molecule has 0 N–H and O–H groups in total. The van der Waals surface area contributed by atoms with Crippen LogP contribution in [0.1, 0.15) is 34.3 Å². The highest BCUT2D eigenvalue weighted by Crippen LogP contribution is 2.45. The molecule has 0 aliphatic carbocycles. The molecule has 1 amide bonds. The molecule has 1 spiro atoms. The fraction of sp³-hybridized carbons (Fsp3) is 0.421. The molecule has 5 heteroatoms. The normalized spacial score (nSPS) is 19.1. The lowest BCUT2D eigenvalue weighted by Crippen LogP contribution is -2.48. The number of likely N-dealkylation sites (tertiary alicyclic amines) is 1. The van der Waals surface area contributed by atoms with Gasteiger partial charge in [0, 0.05) is 18.7 Å². The van der Waals surface area contributed by atoms with Crippen LogP contribution in [0.15, 0.2) is 41.2 Å². The van der Waals surface area contributed by atoms with Crippen LogP contribution in [0.25, 0.3) is 0 Å². The van der Waals surface area contributed by atoms with Crippen molar-refractivity contribution in [3.63, 3.8) is 0 Å². The Balaban J connectivity index is 1.59. The Bertz CT molecular complexity index is 716. The molecule has 5 nitrogen and oxygen atoms in total. The molecule has 2 aliphatic rings. The molecule has 24 heavy (non-hydrogen) atoms. The van der Waals surface area contributed by atoms with Crippen molar-refractivity contribution in [2.24, 2.45) is 0 Å². The van der Waals surface area contributed by atoms with Crippen LogP contribution in [0, 0.1) is 0 Å². The number of methoxy groups -OCH3 is 1. The molecule has 0 unspecified atom stereocenters. The number of carbonyl (C=O) groups excluding carboxylic acids is 1. The van der Waals surface area contributed by atoms with Crippen molar-refractivity contribution in [1.29, 1.82) is 0 Å². The summed E-state index contributed by atoms with van der Waals surface area (Å²) in [5.41, 5.74) is 2.74. The summed E-state index contributed by atoms with van der Waals surface area (Å²) in [7, 11) is 1.70. The van der Waals surface area contributed by atoms with E-state index in [1.165, 1.54) is 23.7 Å². The smallest absolute Gasteiger partial charge is 0.257 e. The molecule has 2 aromatic rings. The van der Waals surface area contributed by atoms with E-state index < -0.39 is 0 Å². The average molecular weight is 327 g/mol. The number of amides is 1. The summed E-state index contributed by atoms with van der Waals surface area (Å²) in [5.74, 6) is 0.913. The zero-order valence-electron chi connectivity index (χ0n) is 13.8. The fourth-order valence-corrected chi connectivity index (χ4v) is 3.93. The van der Waals surface area contributed by atoms with Gasteiger partial charge in [-0.05, 0) is 37.0 Å². The number of hydrogen-bond donors (Lipinski definition) is 0. The molecule has 126 valence electrons. The molecule has 0 saturated carbocycles. The first kappa shape index (κ1) is 15.3. The zero-order chi connectivity index (χ0) is 16.6. The Kier molecular flexibility index (Phi) is 3.81.